The maximum atomic E-state index is 12.2. The smallest absolute Gasteiger partial charge is 0.315 e. The lowest BCUT2D eigenvalue weighted by Crippen LogP contribution is -2.43. The molecule has 0 radical (unpaired) electrons. The third kappa shape index (κ3) is 3.74. The van der Waals surface area contributed by atoms with Gasteiger partial charge in [-0.15, -0.1) is 0 Å². The van der Waals surface area contributed by atoms with Gasteiger partial charge in [0.1, 0.15) is 0 Å². The highest BCUT2D eigenvalue weighted by Crippen LogP contribution is 2.13. The fourth-order valence-corrected chi connectivity index (χ4v) is 1.90. The SMILES string of the molecule is CCN(CC1CCCNC1)C(=O)C(F)F. The van der Waals surface area contributed by atoms with Crippen molar-refractivity contribution in [3.8, 4) is 0 Å². The van der Waals surface area contributed by atoms with E-state index in [1.165, 1.54) is 4.90 Å². The van der Waals surface area contributed by atoms with Crippen LogP contribution in [0.2, 0.25) is 0 Å². The van der Waals surface area contributed by atoms with Gasteiger partial charge in [0.05, 0.1) is 0 Å². The lowest BCUT2D eigenvalue weighted by atomic mass is 9.99. The van der Waals surface area contributed by atoms with Gasteiger partial charge in [0.2, 0.25) is 0 Å². The molecule has 0 saturated carbocycles. The Morgan fingerprint density at radius 2 is 2.33 bits per heavy atom. The average molecular weight is 220 g/mol. The highest BCUT2D eigenvalue weighted by atomic mass is 19.3. The van der Waals surface area contributed by atoms with Crippen molar-refractivity contribution in [3.05, 3.63) is 0 Å². The van der Waals surface area contributed by atoms with Crippen molar-refractivity contribution in [1.29, 1.82) is 0 Å². The molecule has 3 nitrogen and oxygen atoms in total. The van der Waals surface area contributed by atoms with Crippen molar-refractivity contribution >= 4 is 5.91 Å². The molecule has 1 atom stereocenters. The summed E-state index contributed by atoms with van der Waals surface area (Å²) in [6, 6.07) is 0. The van der Waals surface area contributed by atoms with Crippen LogP contribution in [0, 0.1) is 5.92 Å². The number of amides is 1. The predicted octanol–water partition coefficient (Wildman–Crippen LogP) is 1.10. The molecule has 1 rings (SSSR count). The van der Waals surface area contributed by atoms with Crippen LogP contribution in [-0.4, -0.2) is 43.4 Å². The van der Waals surface area contributed by atoms with Crippen molar-refractivity contribution in [2.45, 2.75) is 26.2 Å². The Labute approximate surface area is 88.8 Å². The van der Waals surface area contributed by atoms with E-state index in [9.17, 15) is 13.6 Å². The molecule has 0 aromatic heterocycles. The molecule has 1 amide bonds. The first kappa shape index (κ1) is 12.4. The molecule has 88 valence electrons. The zero-order valence-electron chi connectivity index (χ0n) is 9.01. The Bertz CT molecular complexity index is 206. The monoisotopic (exact) mass is 220 g/mol. The van der Waals surface area contributed by atoms with Crippen molar-refractivity contribution < 1.29 is 13.6 Å². The van der Waals surface area contributed by atoms with Crippen LogP contribution in [0.5, 0.6) is 0 Å². The van der Waals surface area contributed by atoms with Crippen LogP contribution in [0.3, 0.4) is 0 Å². The van der Waals surface area contributed by atoms with E-state index in [1.807, 2.05) is 0 Å². The molecule has 1 saturated heterocycles. The number of carbonyl (C=O) groups excluding carboxylic acids is 1. The van der Waals surface area contributed by atoms with Gasteiger partial charge < -0.3 is 10.2 Å². The molecule has 0 bridgehead atoms. The van der Waals surface area contributed by atoms with Crippen LogP contribution >= 0.6 is 0 Å². The van der Waals surface area contributed by atoms with Gasteiger partial charge in [-0.25, -0.2) is 0 Å². The number of alkyl halides is 2. The normalized spacial score (nSPS) is 21.7. The average Bonchev–Trinajstić information content (AvgIpc) is 2.26. The van der Waals surface area contributed by atoms with Crippen molar-refractivity contribution in [2.24, 2.45) is 5.92 Å². The summed E-state index contributed by atoms with van der Waals surface area (Å²) in [5.41, 5.74) is 0. The standard InChI is InChI=1S/C10H18F2N2O/c1-2-14(10(15)9(11)12)7-8-4-3-5-13-6-8/h8-9,13H,2-7H2,1H3. The Hall–Kier alpha value is -0.710. The fraction of sp³-hybridized carbons (Fsp3) is 0.900. The minimum atomic E-state index is -2.87. The lowest BCUT2D eigenvalue weighted by molar-refractivity contribution is -0.143. The van der Waals surface area contributed by atoms with Gasteiger partial charge in [-0.2, -0.15) is 8.78 Å². The van der Waals surface area contributed by atoms with E-state index in [2.05, 4.69) is 5.32 Å². The van der Waals surface area contributed by atoms with E-state index < -0.39 is 12.3 Å². The molecule has 15 heavy (non-hydrogen) atoms. The number of hydrogen-bond donors (Lipinski definition) is 1. The summed E-state index contributed by atoms with van der Waals surface area (Å²) in [6.07, 6.45) is -0.799. The van der Waals surface area contributed by atoms with Gasteiger partial charge in [0, 0.05) is 13.1 Å². The molecule has 1 N–H and O–H groups in total. The van der Waals surface area contributed by atoms with E-state index in [0.29, 0.717) is 19.0 Å². The summed E-state index contributed by atoms with van der Waals surface area (Å²) in [4.78, 5) is 12.4. The number of piperidine rings is 1. The topological polar surface area (TPSA) is 32.3 Å². The molecule has 0 spiro atoms. The second kappa shape index (κ2) is 6.00. The first-order valence-electron chi connectivity index (χ1n) is 5.42. The fourth-order valence-electron chi connectivity index (χ4n) is 1.90. The molecule has 1 heterocycles. The van der Waals surface area contributed by atoms with Crippen LogP contribution in [0.15, 0.2) is 0 Å². The molecule has 0 aromatic carbocycles. The number of rotatable bonds is 4. The van der Waals surface area contributed by atoms with Gasteiger partial charge in [0.15, 0.2) is 0 Å². The Morgan fingerprint density at radius 1 is 1.60 bits per heavy atom. The molecule has 1 aliphatic heterocycles. The van der Waals surface area contributed by atoms with Crippen LogP contribution in [0.25, 0.3) is 0 Å². The van der Waals surface area contributed by atoms with Crippen LogP contribution < -0.4 is 5.32 Å². The Balaban J connectivity index is 2.41. The third-order valence-electron chi connectivity index (χ3n) is 2.76. The summed E-state index contributed by atoms with van der Waals surface area (Å²) in [5, 5.41) is 3.21. The van der Waals surface area contributed by atoms with Crippen molar-refractivity contribution in [2.75, 3.05) is 26.2 Å². The summed E-state index contributed by atoms with van der Waals surface area (Å²) in [6.45, 7) is 4.36. The second-order valence-corrected chi connectivity index (χ2v) is 3.89. The van der Waals surface area contributed by atoms with Gasteiger partial charge in [-0.3, -0.25) is 4.79 Å². The largest absolute Gasteiger partial charge is 0.338 e. The highest BCUT2D eigenvalue weighted by Gasteiger charge is 2.25. The van der Waals surface area contributed by atoms with E-state index >= 15 is 0 Å². The molecule has 1 aliphatic rings. The molecular weight excluding hydrogens is 202 g/mol. The highest BCUT2D eigenvalue weighted by molar-refractivity contribution is 5.79. The second-order valence-electron chi connectivity index (χ2n) is 3.89. The van der Waals surface area contributed by atoms with Gasteiger partial charge in [0.25, 0.3) is 5.91 Å². The Morgan fingerprint density at radius 3 is 2.80 bits per heavy atom. The molecule has 5 heteroatoms. The maximum Gasteiger partial charge on any atom is 0.315 e. The number of hydrogen-bond acceptors (Lipinski definition) is 2. The van der Waals surface area contributed by atoms with Crippen LogP contribution in [0.4, 0.5) is 8.78 Å². The molecule has 1 unspecified atom stereocenters. The molecule has 1 fully saturated rings. The summed E-state index contributed by atoms with van der Waals surface area (Å²) < 4.78 is 24.4. The van der Waals surface area contributed by atoms with Crippen molar-refractivity contribution in [3.63, 3.8) is 0 Å². The Kier molecular flexibility index (Phi) is 4.94. The maximum absolute atomic E-state index is 12.2. The van der Waals surface area contributed by atoms with Crippen LogP contribution in [0.1, 0.15) is 19.8 Å². The van der Waals surface area contributed by atoms with Gasteiger partial charge >= 0.3 is 6.43 Å². The van der Waals surface area contributed by atoms with E-state index in [0.717, 1.165) is 25.9 Å². The van der Waals surface area contributed by atoms with Crippen molar-refractivity contribution in [1.82, 2.24) is 10.2 Å². The van der Waals surface area contributed by atoms with Crippen LogP contribution in [-0.2, 0) is 4.79 Å². The summed E-state index contributed by atoms with van der Waals surface area (Å²) in [7, 11) is 0. The van der Waals surface area contributed by atoms with E-state index in [1.54, 1.807) is 6.92 Å². The minimum Gasteiger partial charge on any atom is -0.338 e. The number of carbonyl (C=O) groups is 1. The molecule has 0 aromatic rings. The summed E-state index contributed by atoms with van der Waals surface area (Å²) in [5.74, 6) is -0.718. The first-order chi connectivity index (χ1) is 7.15. The third-order valence-corrected chi connectivity index (χ3v) is 2.76. The van der Waals surface area contributed by atoms with E-state index in [-0.39, 0.29) is 0 Å². The van der Waals surface area contributed by atoms with E-state index in [4.69, 9.17) is 0 Å². The van der Waals surface area contributed by atoms with Gasteiger partial charge in [-0.1, -0.05) is 0 Å². The minimum absolute atomic E-state index is 0.321. The lowest BCUT2D eigenvalue weighted by Gasteiger charge is -2.29. The molecular formula is C10H18F2N2O. The zero-order chi connectivity index (χ0) is 11.3. The number of nitrogens with zero attached hydrogens (tertiary/aromatic N) is 1. The number of halogens is 2. The molecule has 0 aliphatic carbocycles. The predicted molar refractivity (Wildman–Crippen MR) is 53.9 cm³/mol. The zero-order valence-corrected chi connectivity index (χ0v) is 9.01. The summed E-state index contributed by atoms with van der Waals surface area (Å²) >= 11 is 0. The number of nitrogens with one attached hydrogen (secondary N) is 1. The first-order valence-corrected chi connectivity index (χ1v) is 5.42. The quantitative estimate of drug-likeness (QED) is 0.769. The van der Waals surface area contributed by atoms with Gasteiger partial charge in [-0.05, 0) is 38.8 Å².